The predicted octanol–water partition coefficient (Wildman–Crippen LogP) is 2.10. The number of alkyl halides is 3. The van der Waals surface area contributed by atoms with Crippen molar-refractivity contribution < 1.29 is 27.9 Å². The lowest BCUT2D eigenvalue weighted by Gasteiger charge is -2.34. The van der Waals surface area contributed by atoms with Crippen LogP contribution in [0.3, 0.4) is 0 Å². The minimum atomic E-state index is -5.08. The monoisotopic (exact) mass is 437 g/mol. The summed E-state index contributed by atoms with van der Waals surface area (Å²) in [5.74, 6) is -1.53. The van der Waals surface area contributed by atoms with Crippen molar-refractivity contribution in [3.05, 3.63) is 54.4 Å². The third kappa shape index (κ3) is 6.20. The van der Waals surface area contributed by atoms with E-state index in [9.17, 15) is 18.0 Å². The summed E-state index contributed by atoms with van der Waals surface area (Å²) >= 11 is 0. The number of amides is 1. The van der Waals surface area contributed by atoms with Crippen LogP contribution in [0.25, 0.3) is 0 Å². The van der Waals surface area contributed by atoms with E-state index in [1.165, 1.54) is 0 Å². The zero-order valence-electron chi connectivity index (χ0n) is 16.6. The lowest BCUT2D eigenvalue weighted by molar-refractivity contribution is -0.192. The number of fused-ring (bicyclic) bond motifs is 1. The van der Waals surface area contributed by atoms with E-state index >= 15 is 0 Å². The summed E-state index contributed by atoms with van der Waals surface area (Å²) < 4.78 is 31.7. The Bertz CT molecular complexity index is 883. The van der Waals surface area contributed by atoms with E-state index in [2.05, 4.69) is 25.9 Å². The number of pyridine rings is 1. The first-order chi connectivity index (χ1) is 14.7. The number of aliphatic carboxylic acids is 1. The van der Waals surface area contributed by atoms with E-state index in [0.717, 1.165) is 44.8 Å². The second kappa shape index (κ2) is 9.82. The largest absolute Gasteiger partial charge is 0.490 e. The Kier molecular flexibility index (Phi) is 7.16. The molecule has 0 spiro atoms. The average Bonchev–Trinajstić information content (AvgIpc) is 3.15. The van der Waals surface area contributed by atoms with Crippen molar-refractivity contribution in [2.75, 3.05) is 26.2 Å². The molecule has 0 unspecified atom stereocenters. The Hall–Kier alpha value is -3.08. The molecule has 31 heavy (non-hydrogen) atoms. The Morgan fingerprint density at radius 3 is 2.42 bits per heavy atom. The molecule has 2 aliphatic heterocycles. The highest BCUT2D eigenvalue weighted by Crippen LogP contribution is 2.32. The van der Waals surface area contributed by atoms with Crippen molar-refractivity contribution in [1.29, 1.82) is 0 Å². The molecular weight excluding hydrogens is 415 g/mol. The smallest absolute Gasteiger partial charge is 0.475 e. The SMILES string of the molecule is O=C(O)C(F)(F)F.O=C(c1cnccn1)N1CC[C@@H]2CN(Cc3ccccn3)C[C@@H]2C1. The zero-order valence-corrected chi connectivity index (χ0v) is 16.6. The van der Waals surface area contributed by atoms with Crippen molar-refractivity contribution in [3.63, 3.8) is 0 Å². The lowest BCUT2D eigenvalue weighted by Crippen LogP contribution is -2.43. The number of aromatic nitrogens is 3. The molecule has 0 aliphatic carbocycles. The molecule has 0 bridgehead atoms. The molecule has 1 amide bonds. The molecule has 4 heterocycles. The molecule has 0 saturated carbocycles. The van der Waals surface area contributed by atoms with Crippen LogP contribution in [-0.4, -0.2) is 74.1 Å². The molecule has 1 N–H and O–H groups in total. The van der Waals surface area contributed by atoms with Gasteiger partial charge in [-0.25, -0.2) is 9.78 Å². The molecule has 4 rings (SSSR count). The number of carbonyl (C=O) groups is 2. The lowest BCUT2D eigenvalue weighted by atomic mass is 9.88. The number of hydrogen-bond donors (Lipinski definition) is 1. The highest BCUT2D eigenvalue weighted by molar-refractivity contribution is 5.92. The molecule has 2 aromatic heterocycles. The van der Waals surface area contributed by atoms with Gasteiger partial charge in [0.15, 0.2) is 0 Å². The number of carboxylic acids is 1. The molecule has 2 saturated heterocycles. The molecule has 8 nitrogen and oxygen atoms in total. The minimum absolute atomic E-state index is 0.00438. The second-order valence-electron chi connectivity index (χ2n) is 7.47. The van der Waals surface area contributed by atoms with Crippen LogP contribution in [0.5, 0.6) is 0 Å². The van der Waals surface area contributed by atoms with Crippen LogP contribution >= 0.6 is 0 Å². The van der Waals surface area contributed by atoms with Gasteiger partial charge in [-0.05, 0) is 30.4 Å². The summed E-state index contributed by atoms with van der Waals surface area (Å²) in [6.07, 6.45) is 2.55. The molecular formula is C20H22F3N5O3. The summed E-state index contributed by atoms with van der Waals surface area (Å²) in [6, 6.07) is 6.06. The zero-order chi connectivity index (χ0) is 22.4. The molecule has 2 fully saturated rings. The van der Waals surface area contributed by atoms with Gasteiger partial charge in [0.1, 0.15) is 5.69 Å². The van der Waals surface area contributed by atoms with Crippen molar-refractivity contribution in [1.82, 2.24) is 24.8 Å². The Morgan fingerprint density at radius 1 is 1.06 bits per heavy atom. The van der Waals surface area contributed by atoms with E-state index in [1.807, 2.05) is 23.2 Å². The van der Waals surface area contributed by atoms with Gasteiger partial charge in [0, 0.05) is 51.3 Å². The van der Waals surface area contributed by atoms with Crippen LogP contribution in [0.4, 0.5) is 13.2 Å². The number of rotatable bonds is 3. The van der Waals surface area contributed by atoms with Gasteiger partial charge < -0.3 is 10.0 Å². The fraction of sp³-hybridized carbons (Fsp3) is 0.450. The van der Waals surface area contributed by atoms with Crippen molar-refractivity contribution in [3.8, 4) is 0 Å². The summed E-state index contributed by atoms with van der Waals surface area (Å²) in [7, 11) is 0. The van der Waals surface area contributed by atoms with Gasteiger partial charge >= 0.3 is 12.1 Å². The summed E-state index contributed by atoms with van der Waals surface area (Å²) in [5, 5.41) is 7.12. The maximum absolute atomic E-state index is 12.6. The summed E-state index contributed by atoms with van der Waals surface area (Å²) in [5.41, 5.74) is 1.56. The molecule has 2 atom stereocenters. The molecule has 2 aromatic rings. The van der Waals surface area contributed by atoms with Gasteiger partial charge in [-0.2, -0.15) is 13.2 Å². The van der Waals surface area contributed by atoms with E-state index < -0.39 is 12.1 Å². The van der Waals surface area contributed by atoms with Crippen LogP contribution in [0.15, 0.2) is 43.0 Å². The van der Waals surface area contributed by atoms with Gasteiger partial charge in [-0.3, -0.25) is 19.7 Å². The first-order valence-corrected chi connectivity index (χ1v) is 9.71. The highest BCUT2D eigenvalue weighted by atomic mass is 19.4. The van der Waals surface area contributed by atoms with Crippen molar-refractivity contribution in [2.24, 2.45) is 11.8 Å². The molecule has 0 aromatic carbocycles. The number of piperidine rings is 1. The van der Waals surface area contributed by atoms with Crippen LogP contribution in [0.1, 0.15) is 22.6 Å². The molecule has 11 heteroatoms. The Labute approximate surface area is 176 Å². The van der Waals surface area contributed by atoms with E-state index in [-0.39, 0.29) is 5.91 Å². The van der Waals surface area contributed by atoms with Crippen LogP contribution in [0.2, 0.25) is 0 Å². The van der Waals surface area contributed by atoms with E-state index in [4.69, 9.17) is 9.90 Å². The number of nitrogens with zero attached hydrogens (tertiary/aromatic N) is 5. The summed E-state index contributed by atoms with van der Waals surface area (Å²) in [4.78, 5) is 38.4. The van der Waals surface area contributed by atoms with Gasteiger partial charge in [0.05, 0.1) is 11.9 Å². The predicted molar refractivity (Wildman–Crippen MR) is 103 cm³/mol. The molecule has 166 valence electrons. The molecule has 2 aliphatic rings. The topological polar surface area (TPSA) is 99.5 Å². The Balaban J connectivity index is 0.000000339. The maximum atomic E-state index is 12.6. The fourth-order valence-corrected chi connectivity index (χ4v) is 3.87. The quantitative estimate of drug-likeness (QED) is 0.785. The number of halogens is 3. The van der Waals surface area contributed by atoms with Crippen LogP contribution in [-0.2, 0) is 11.3 Å². The number of carboxylic acid groups (broad SMARTS) is 1. The van der Waals surface area contributed by atoms with Crippen molar-refractivity contribution in [2.45, 2.75) is 19.1 Å². The van der Waals surface area contributed by atoms with Gasteiger partial charge in [-0.15, -0.1) is 0 Å². The van der Waals surface area contributed by atoms with Gasteiger partial charge in [0.25, 0.3) is 5.91 Å². The van der Waals surface area contributed by atoms with E-state index in [1.54, 1.807) is 18.6 Å². The normalized spacial score (nSPS) is 21.1. The van der Waals surface area contributed by atoms with Crippen LogP contribution in [0, 0.1) is 11.8 Å². The highest BCUT2D eigenvalue weighted by Gasteiger charge is 2.39. The maximum Gasteiger partial charge on any atom is 0.490 e. The third-order valence-corrected chi connectivity index (χ3v) is 5.30. The van der Waals surface area contributed by atoms with Crippen molar-refractivity contribution >= 4 is 11.9 Å². The fourth-order valence-electron chi connectivity index (χ4n) is 3.87. The minimum Gasteiger partial charge on any atom is -0.475 e. The Morgan fingerprint density at radius 2 is 1.81 bits per heavy atom. The standard InChI is InChI=1S/C18H21N5O.C2HF3O2/c24-18(17-9-19-6-7-21-17)23-8-4-14-10-22(11-15(14)12-23)13-16-3-1-2-5-20-16;3-2(4,5)1(6)7/h1-3,5-7,9,14-15H,4,8,10-13H2;(H,6,7)/t14-,15-;/m1./s1. The number of likely N-dealkylation sites (tertiary alicyclic amines) is 2. The average molecular weight is 437 g/mol. The first kappa shape index (κ1) is 22.6. The van der Waals surface area contributed by atoms with Gasteiger partial charge in [0.2, 0.25) is 0 Å². The summed E-state index contributed by atoms with van der Waals surface area (Å²) in [6.45, 7) is 4.67. The van der Waals surface area contributed by atoms with Crippen LogP contribution < -0.4 is 0 Å². The number of carbonyl (C=O) groups excluding carboxylic acids is 1. The van der Waals surface area contributed by atoms with E-state index in [0.29, 0.717) is 17.5 Å². The van der Waals surface area contributed by atoms with Gasteiger partial charge in [-0.1, -0.05) is 6.07 Å². The molecule has 0 radical (unpaired) electrons. The second-order valence-corrected chi connectivity index (χ2v) is 7.47. The third-order valence-electron chi connectivity index (χ3n) is 5.30. The number of hydrogen-bond acceptors (Lipinski definition) is 6. The first-order valence-electron chi connectivity index (χ1n) is 9.71.